The first kappa shape index (κ1) is 31.8. The predicted octanol–water partition coefficient (Wildman–Crippen LogP) is 7.45. The highest BCUT2D eigenvalue weighted by atomic mass is 19.1. The number of carbonyl (C=O) groups excluding carboxylic acids is 3. The van der Waals surface area contributed by atoms with Crippen LogP contribution >= 0.6 is 0 Å². The quantitative estimate of drug-likeness (QED) is 0.0658. The first-order valence-corrected chi connectivity index (χ1v) is 13.0. The second-order valence-corrected chi connectivity index (χ2v) is 9.21. The first-order chi connectivity index (χ1) is 20.5. The van der Waals surface area contributed by atoms with Crippen molar-refractivity contribution >= 4 is 35.1 Å². The number of rotatable bonds is 9. The molecular weight excluding hydrogens is 547 g/mol. The normalized spacial score (nSPS) is 11.0. The maximum absolute atomic E-state index is 15.4. The van der Waals surface area contributed by atoms with E-state index in [1.54, 1.807) is 60.7 Å². The number of halogens is 1. The van der Waals surface area contributed by atoms with Crippen molar-refractivity contribution in [1.29, 1.82) is 0 Å². The Morgan fingerprint density at radius 3 is 1.88 bits per heavy atom. The molecule has 0 heterocycles. The minimum atomic E-state index is -0.595. The fraction of sp³-hybridized carbons (Fsp3) is 0.0833. The summed E-state index contributed by atoms with van der Waals surface area (Å²) in [5, 5.41) is 0. The van der Waals surface area contributed by atoms with Crippen LogP contribution in [0, 0.1) is 17.7 Å². The van der Waals surface area contributed by atoms with Crippen molar-refractivity contribution < 1.29 is 33.0 Å². The third-order valence-corrected chi connectivity index (χ3v) is 6.13. The molecular formula is C36H29FO6. The lowest BCUT2D eigenvalue weighted by atomic mass is 9.92. The molecule has 0 unspecified atom stereocenters. The minimum absolute atomic E-state index is 0.121. The van der Waals surface area contributed by atoms with E-state index in [1.807, 2.05) is 13.8 Å². The molecule has 7 heteroatoms. The minimum Gasteiger partial charge on any atom is -0.431 e. The molecule has 0 radical (unpaired) electrons. The lowest BCUT2D eigenvalue weighted by Crippen LogP contribution is -2.02. The monoisotopic (exact) mass is 576 g/mol. The Morgan fingerprint density at radius 2 is 1.35 bits per heavy atom. The third-order valence-electron chi connectivity index (χ3n) is 6.13. The van der Waals surface area contributed by atoms with Gasteiger partial charge in [-0.05, 0) is 103 Å². The van der Waals surface area contributed by atoms with Gasteiger partial charge in [-0.3, -0.25) is 0 Å². The summed E-state index contributed by atoms with van der Waals surface area (Å²) in [5.41, 5.74) is 4.45. The van der Waals surface area contributed by atoms with Crippen LogP contribution in [-0.2, 0) is 19.1 Å². The zero-order valence-corrected chi connectivity index (χ0v) is 24.0. The molecule has 3 aromatic carbocycles. The summed E-state index contributed by atoms with van der Waals surface area (Å²) in [7, 11) is 0. The summed E-state index contributed by atoms with van der Waals surface area (Å²) in [6.45, 7) is 15.6. The van der Waals surface area contributed by atoms with Gasteiger partial charge >= 0.3 is 17.9 Å². The molecule has 6 nitrogen and oxygen atoms in total. The average molecular weight is 577 g/mol. The SMILES string of the molecule is C=CC(=O)Oc1ccc(C#Cc2cc(C=COC(=O)C(=C)C)c(C(C)=C(C)c3ccc(OC(=O)C=C)cc3)cc2F)cc1. The summed E-state index contributed by atoms with van der Waals surface area (Å²) in [6, 6.07) is 16.2. The van der Waals surface area contributed by atoms with Crippen LogP contribution < -0.4 is 9.47 Å². The smallest absolute Gasteiger partial charge is 0.337 e. The molecule has 0 aliphatic heterocycles. The van der Waals surface area contributed by atoms with Gasteiger partial charge in [0.15, 0.2) is 0 Å². The van der Waals surface area contributed by atoms with Crippen molar-refractivity contribution in [3.05, 3.63) is 138 Å². The van der Waals surface area contributed by atoms with E-state index in [0.29, 0.717) is 28.2 Å². The van der Waals surface area contributed by atoms with Gasteiger partial charge in [0, 0.05) is 23.3 Å². The zero-order valence-electron chi connectivity index (χ0n) is 24.0. The van der Waals surface area contributed by atoms with Gasteiger partial charge in [-0.2, -0.15) is 0 Å². The zero-order chi connectivity index (χ0) is 31.5. The summed E-state index contributed by atoms with van der Waals surface area (Å²) in [6.07, 6.45) is 4.91. The maximum atomic E-state index is 15.4. The number of hydrogen-bond donors (Lipinski definition) is 0. The van der Waals surface area contributed by atoms with E-state index in [1.165, 1.54) is 19.3 Å². The molecule has 0 bridgehead atoms. The summed E-state index contributed by atoms with van der Waals surface area (Å²) in [5.74, 6) is 4.15. The number of carbonyl (C=O) groups is 3. The van der Waals surface area contributed by atoms with Crippen molar-refractivity contribution in [3.63, 3.8) is 0 Å². The Labute approximate surface area is 250 Å². The van der Waals surface area contributed by atoms with Gasteiger partial charge in [-0.25, -0.2) is 18.8 Å². The Kier molecular flexibility index (Phi) is 10.9. The van der Waals surface area contributed by atoms with Crippen molar-refractivity contribution in [1.82, 2.24) is 0 Å². The highest BCUT2D eigenvalue weighted by molar-refractivity contribution is 5.92. The lowest BCUT2D eigenvalue weighted by Gasteiger charge is -2.13. The molecule has 0 aliphatic carbocycles. The Morgan fingerprint density at radius 1 is 0.791 bits per heavy atom. The molecule has 0 saturated carbocycles. The second kappa shape index (κ2) is 14.8. The van der Waals surface area contributed by atoms with Crippen LogP contribution in [0.2, 0.25) is 0 Å². The van der Waals surface area contributed by atoms with Gasteiger partial charge < -0.3 is 14.2 Å². The molecule has 0 aromatic heterocycles. The van der Waals surface area contributed by atoms with E-state index in [9.17, 15) is 14.4 Å². The average Bonchev–Trinajstić information content (AvgIpc) is 3.00. The molecule has 3 aromatic rings. The van der Waals surface area contributed by atoms with Crippen LogP contribution in [0.15, 0.2) is 104 Å². The van der Waals surface area contributed by atoms with Crippen molar-refractivity contribution in [2.45, 2.75) is 20.8 Å². The Bertz CT molecular complexity index is 1710. The largest absolute Gasteiger partial charge is 0.431 e. The molecule has 0 aliphatic rings. The lowest BCUT2D eigenvalue weighted by molar-refractivity contribution is -0.133. The molecule has 0 fully saturated rings. The van der Waals surface area contributed by atoms with Crippen LogP contribution in [0.1, 0.15) is 48.6 Å². The number of allylic oxidation sites excluding steroid dienone is 2. The third kappa shape index (κ3) is 8.87. The summed E-state index contributed by atoms with van der Waals surface area (Å²) in [4.78, 5) is 34.8. The molecule has 3 rings (SSSR count). The van der Waals surface area contributed by atoms with E-state index in [-0.39, 0.29) is 11.1 Å². The summed E-state index contributed by atoms with van der Waals surface area (Å²) < 4.78 is 30.7. The second-order valence-electron chi connectivity index (χ2n) is 9.21. The molecule has 0 N–H and O–H groups in total. The van der Waals surface area contributed by atoms with Gasteiger partial charge in [-0.15, -0.1) is 0 Å². The van der Waals surface area contributed by atoms with Crippen LogP contribution in [0.4, 0.5) is 4.39 Å². The van der Waals surface area contributed by atoms with Gasteiger partial charge in [0.1, 0.15) is 17.3 Å². The fourth-order valence-electron chi connectivity index (χ4n) is 3.67. The van der Waals surface area contributed by atoms with E-state index >= 15 is 4.39 Å². The Balaban J connectivity index is 2.01. The van der Waals surface area contributed by atoms with Crippen LogP contribution in [0.5, 0.6) is 11.5 Å². The van der Waals surface area contributed by atoms with Crippen molar-refractivity contribution in [3.8, 4) is 23.3 Å². The number of hydrogen-bond acceptors (Lipinski definition) is 6. The fourth-order valence-corrected chi connectivity index (χ4v) is 3.67. The predicted molar refractivity (Wildman–Crippen MR) is 165 cm³/mol. The van der Waals surface area contributed by atoms with E-state index in [0.717, 1.165) is 28.9 Å². The summed E-state index contributed by atoms with van der Waals surface area (Å²) >= 11 is 0. The van der Waals surface area contributed by atoms with Crippen LogP contribution in [0.25, 0.3) is 17.2 Å². The molecule has 0 spiro atoms. The highest BCUT2D eigenvalue weighted by Crippen LogP contribution is 2.31. The van der Waals surface area contributed by atoms with E-state index in [4.69, 9.17) is 14.2 Å². The molecule has 0 atom stereocenters. The first-order valence-electron chi connectivity index (χ1n) is 13.0. The number of esters is 3. The van der Waals surface area contributed by atoms with Crippen LogP contribution in [0.3, 0.4) is 0 Å². The Hall–Kier alpha value is -5.74. The topological polar surface area (TPSA) is 78.9 Å². The highest BCUT2D eigenvalue weighted by Gasteiger charge is 2.13. The van der Waals surface area contributed by atoms with Crippen molar-refractivity contribution in [2.24, 2.45) is 0 Å². The van der Waals surface area contributed by atoms with E-state index in [2.05, 4.69) is 31.6 Å². The molecule has 0 saturated heterocycles. The maximum Gasteiger partial charge on any atom is 0.337 e. The van der Waals surface area contributed by atoms with Gasteiger partial charge in [0.25, 0.3) is 0 Å². The van der Waals surface area contributed by atoms with E-state index < -0.39 is 23.7 Å². The van der Waals surface area contributed by atoms with Gasteiger partial charge in [0.05, 0.1) is 11.8 Å². The van der Waals surface area contributed by atoms with Crippen LogP contribution in [-0.4, -0.2) is 17.9 Å². The molecule has 0 amide bonds. The molecule has 216 valence electrons. The van der Waals surface area contributed by atoms with Gasteiger partial charge in [0.2, 0.25) is 0 Å². The number of benzene rings is 3. The number of ether oxygens (including phenoxy) is 3. The van der Waals surface area contributed by atoms with Crippen molar-refractivity contribution in [2.75, 3.05) is 0 Å². The standard InChI is InChI=1S/C36H29FO6/c1-7-34(38)42-30-15-10-26(11-16-30)9-12-29-21-28(19-20-41-36(40)23(3)4)32(22-33(29)37)25(6)24(5)27-13-17-31(18-14-27)43-35(39)8-2/h7-8,10-11,13-22H,1-3H2,4-6H3. The molecule has 43 heavy (non-hydrogen) atoms. The van der Waals surface area contributed by atoms with Gasteiger partial charge in [-0.1, -0.05) is 43.7 Å².